The van der Waals surface area contributed by atoms with Crippen LogP contribution in [0.3, 0.4) is 0 Å². The molecule has 0 atom stereocenters. The summed E-state index contributed by atoms with van der Waals surface area (Å²) in [5, 5.41) is 0. The van der Waals surface area contributed by atoms with E-state index in [0.717, 1.165) is 36.8 Å². The molecule has 23 heavy (non-hydrogen) atoms. The first-order valence-electron chi connectivity index (χ1n) is 9.22. The van der Waals surface area contributed by atoms with Gasteiger partial charge in [0, 0.05) is 7.11 Å². The number of rotatable bonds is 13. The molecule has 1 aromatic rings. The molecule has 1 heterocycles. The van der Waals surface area contributed by atoms with Crippen LogP contribution in [0.15, 0.2) is 6.07 Å². The van der Waals surface area contributed by atoms with Gasteiger partial charge in [-0.3, -0.25) is 4.79 Å². The molecule has 1 rings (SSSR count). The minimum atomic E-state index is 0.486. The molecule has 0 unspecified atom stereocenters. The van der Waals surface area contributed by atoms with Gasteiger partial charge in [-0.1, -0.05) is 58.4 Å². The van der Waals surface area contributed by atoms with Crippen LogP contribution in [0.1, 0.15) is 92.5 Å². The number of carbonyl (C=O) groups excluding carboxylic acids is 1. The lowest BCUT2D eigenvalue weighted by Crippen LogP contribution is -2.07. The van der Waals surface area contributed by atoms with Gasteiger partial charge in [0.05, 0.1) is 12.3 Å². The number of unbranched alkanes of at least 4 members (excludes halogenated alkanes) is 6. The van der Waals surface area contributed by atoms with Crippen LogP contribution in [0.4, 0.5) is 0 Å². The fourth-order valence-electron chi connectivity index (χ4n) is 2.92. The van der Waals surface area contributed by atoms with Crippen LogP contribution in [0.5, 0.6) is 0 Å². The van der Waals surface area contributed by atoms with Crippen LogP contribution in [0.25, 0.3) is 0 Å². The number of hydrogen-bond acceptors (Lipinski definition) is 3. The molecule has 0 aromatic carbocycles. The number of aldehydes is 1. The molecule has 0 radical (unpaired) electrons. The van der Waals surface area contributed by atoms with E-state index < -0.39 is 0 Å². The maximum Gasteiger partial charge on any atom is 0.168 e. The van der Waals surface area contributed by atoms with Crippen LogP contribution in [-0.4, -0.2) is 18.4 Å². The molecule has 0 amide bonds. The summed E-state index contributed by atoms with van der Waals surface area (Å²) in [5.74, 6) is 0. The third-order valence-corrected chi connectivity index (χ3v) is 4.30. The molecule has 0 aliphatic heterocycles. The van der Waals surface area contributed by atoms with E-state index in [1.165, 1.54) is 50.5 Å². The van der Waals surface area contributed by atoms with E-state index in [9.17, 15) is 4.79 Å². The van der Waals surface area contributed by atoms with Gasteiger partial charge >= 0.3 is 0 Å². The first-order valence-corrected chi connectivity index (χ1v) is 9.22. The van der Waals surface area contributed by atoms with Gasteiger partial charge in [-0.2, -0.15) is 0 Å². The number of aryl methyl sites for hydroxylation is 2. The summed E-state index contributed by atoms with van der Waals surface area (Å²) in [6, 6.07) is 2.21. The maximum absolute atomic E-state index is 11.4. The van der Waals surface area contributed by atoms with Crippen molar-refractivity contribution in [3.05, 3.63) is 28.6 Å². The topological polar surface area (TPSA) is 39.2 Å². The van der Waals surface area contributed by atoms with E-state index in [1.54, 1.807) is 7.11 Å². The van der Waals surface area contributed by atoms with Gasteiger partial charge in [0.25, 0.3) is 0 Å². The van der Waals surface area contributed by atoms with Crippen molar-refractivity contribution in [2.45, 2.75) is 84.7 Å². The van der Waals surface area contributed by atoms with Gasteiger partial charge in [-0.25, -0.2) is 4.98 Å². The Morgan fingerprint density at radius 3 is 2.09 bits per heavy atom. The zero-order valence-corrected chi connectivity index (χ0v) is 15.2. The largest absolute Gasteiger partial charge is 0.378 e. The lowest BCUT2D eigenvalue weighted by atomic mass is 9.98. The SMILES string of the molecule is CCCCCCc1cc(CCCCCC)c(COC)nc1C=O. The monoisotopic (exact) mass is 319 g/mol. The smallest absolute Gasteiger partial charge is 0.168 e. The Morgan fingerprint density at radius 1 is 0.957 bits per heavy atom. The van der Waals surface area contributed by atoms with Crippen LogP contribution in [-0.2, 0) is 24.2 Å². The second-order valence-corrected chi connectivity index (χ2v) is 6.31. The van der Waals surface area contributed by atoms with E-state index >= 15 is 0 Å². The average Bonchev–Trinajstić information content (AvgIpc) is 2.57. The molecule has 1 aromatic heterocycles. The summed E-state index contributed by atoms with van der Waals surface area (Å²) in [6.07, 6.45) is 12.7. The minimum absolute atomic E-state index is 0.486. The van der Waals surface area contributed by atoms with Crippen molar-refractivity contribution in [3.8, 4) is 0 Å². The third kappa shape index (κ3) is 7.26. The molecule has 0 saturated carbocycles. The standard InChI is InChI=1S/C20H33NO2/c1-4-6-8-10-12-17-14-18(13-11-9-7-5-2)20(16-23-3)21-19(17)15-22/h14-15H,4-13,16H2,1-3H3. The highest BCUT2D eigenvalue weighted by atomic mass is 16.5. The van der Waals surface area contributed by atoms with Gasteiger partial charge in [0.1, 0.15) is 5.69 Å². The molecule has 0 aliphatic rings. The molecule has 0 aliphatic carbocycles. The number of carbonyl (C=O) groups is 1. The number of hydrogen-bond donors (Lipinski definition) is 0. The highest BCUT2D eigenvalue weighted by molar-refractivity contribution is 5.74. The minimum Gasteiger partial charge on any atom is -0.378 e. The zero-order valence-electron chi connectivity index (χ0n) is 15.2. The number of nitrogens with zero attached hydrogens (tertiary/aromatic N) is 1. The van der Waals surface area contributed by atoms with Crippen molar-refractivity contribution in [1.29, 1.82) is 0 Å². The summed E-state index contributed by atoms with van der Waals surface area (Å²) in [5.41, 5.74) is 3.91. The molecule has 0 N–H and O–H groups in total. The molecular formula is C20H33NO2. The van der Waals surface area contributed by atoms with Crippen LogP contribution in [0, 0.1) is 0 Å². The van der Waals surface area contributed by atoms with E-state index in [4.69, 9.17) is 4.74 Å². The normalized spacial score (nSPS) is 10.9. The van der Waals surface area contributed by atoms with Crippen LogP contribution >= 0.6 is 0 Å². The highest BCUT2D eigenvalue weighted by Crippen LogP contribution is 2.19. The molecule has 3 nitrogen and oxygen atoms in total. The number of methoxy groups -OCH3 is 1. The molecule has 0 spiro atoms. The van der Waals surface area contributed by atoms with Crippen LogP contribution < -0.4 is 0 Å². The molecule has 130 valence electrons. The number of aromatic nitrogens is 1. The Balaban J connectivity index is 2.83. The van der Waals surface area contributed by atoms with E-state index in [1.807, 2.05) is 0 Å². The Labute approximate surface area is 141 Å². The van der Waals surface area contributed by atoms with Gasteiger partial charge < -0.3 is 4.74 Å². The Hall–Kier alpha value is -1.22. The van der Waals surface area contributed by atoms with Crippen molar-refractivity contribution in [2.75, 3.05) is 7.11 Å². The third-order valence-electron chi connectivity index (χ3n) is 4.30. The van der Waals surface area contributed by atoms with Crippen LogP contribution in [0.2, 0.25) is 0 Å². The molecular weight excluding hydrogens is 286 g/mol. The van der Waals surface area contributed by atoms with Gasteiger partial charge in [0.2, 0.25) is 0 Å². The molecule has 0 bridgehead atoms. The lowest BCUT2D eigenvalue weighted by molar-refractivity contribution is 0.111. The first kappa shape index (κ1) is 19.8. The van der Waals surface area contributed by atoms with Gasteiger partial charge in [-0.05, 0) is 36.8 Å². The fraction of sp³-hybridized carbons (Fsp3) is 0.700. The van der Waals surface area contributed by atoms with Crippen molar-refractivity contribution >= 4 is 6.29 Å². The first-order chi connectivity index (χ1) is 11.3. The quantitative estimate of drug-likeness (QED) is 0.366. The molecule has 0 fully saturated rings. The summed E-state index contributed by atoms with van der Waals surface area (Å²) < 4.78 is 5.27. The predicted octanol–water partition coefficient (Wildman–Crippen LogP) is 5.29. The Bertz CT molecular complexity index is 457. The molecule has 0 saturated heterocycles. The summed E-state index contributed by atoms with van der Waals surface area (Å²) in [6.45, 7) is 4.93. The van der Waals surface area contributed by atoms with Gasteiger partial charge in [-0.15, -0.1) is 0 Å². The second kappa shape index (κ2) is 12.2. The summed E-state index contributed by atoms with van der Waals surface area (Å²) >= 11 is 0. The van der Waals surface area contributed by atoms with Crippen molar-refractivity contribution in [1.82, 2.24) is 4.98 Å². The summed E-state index contributed by atoms with van der Waals surface area (Å²) in [7, 11) is 1.68. The molecule has 3 heteroatoms. The fourth-order valence-corrected chi connectivity index (χ4v) is 2.92. The maximum atomic E-state index is 11.4. The van der Waals surface area contributed by atoms with Crippen molar-refractivity contribution in [3.63, 3.8) is 0 Å². The number of ether oxygens (including phenoxy) is 1. The van der Waals surface area contributed by atoms with E-state index in [2.05, 4.69) is 24.9 Å². The Kier molecular flexibility index (Phi) is 10.5. The zero-order chi connectivity index (χ0) is 16.9. The average molecular weight is 319 g/mol. The second-order valence-electron chi connectivity index (χ2n) is 6.31. The van der Waals surface area contributed by atoms with Crippen molar-refractivity contribution in [2.24, 2.45) is 0 Å². The van der Waals surface area contributed by atoms with E-state index in [0.29, 0.717) is 12.3 Å². The lowest BCUT2D eigenvalue weighted by Gasteiger charge is -2.13. The Morgan fingerprint density at radius 2 is 1.57 bits per heavy atom. The summed E-state index contributed by atoms with van der Waals surface area (Å²) in [4.78, 5) is 16.0. The van der Waals surface area contributed by atoms with Gasteiger partial charge in [0.15, 0.2) is 6.29 Å². The highest BCUT2D eigenvalue weighted by Gasteiger charge is 2.11. The number of pyridine rings is 1. The predicted molar refractivity (Wildman–Crippen MR) is 96.0 cm³/mol. The van der Waals surface area contributed by atoms with Crippen molar-refractivity contribution < 1.29 is 9.53 Å². The van der Waals surface area contributed by atoms with E-state index in [-0.39, 0.29) is 0 Å².